The van der Waals surface area contributed by atoms with Crippen LogP contribution < -0.4 is 10.6 Å². The number of nitrogens with one attached hydrogen (secondary N) is 2. The van der Waals surface area contributed by atoms with Gasteiger partial charge in [0.05, 0.1) is 5.02 Å². The Labute approximate surface area is 87.7 Å². The molecule has 0 saturated heterocycles. The molecular formula is C9H12ClN3O. The van der Waals surface area contributed by atoms with E-state index in [9.17, 15) is 4.79 Å². The standard InChI is InChI=1S/C9H12ClN3O/c1-2-5-12-9(14)13-8-7(10)4-3-6-11-8/h3-4,6H,2,5H2,1H3,(H2,11,12,13,14). The zero-order valence-corrected chi connectivity index (χ0v) is 8.64. The number of carbonyl (C=O) groups is 1. The predicted molar refractivity (Wildman–Crippen MR) is 56.6 cm³/mol. The van der Waals surface area contributed by atoms with Gasteiger partial charge in [0.15, 0.2) is 5.82 Å². The molecule has 2 amide bonds. The first-order chi connectivity index (χ1) is 6.74. The Balaban J connectivity index is 2.52. The van der Waals surface area contributed by atoms with Crippen LogP contribution in [0.3, 0.4) is 0 Å². The number of hydrogen-bond acceptors (Lipinski definition) is 2. The summed E-state index contributed by atoms with van der Waals surface area (Å²) in [6, 6.07) is 3.09. The molecule has 0 unspecified atom stereocenters. The quantitative estimate of drug-likeness (QED) is 0.809. The minimum atomic E-state index is -0.285. The maximum atomic E-state index is 11.2. The number of halogens is 1. The summed E-state index contributed by atoms with van der Waals surface area (Å²) < 4.78 is 0. The monoisotopic (exact) mass is 213 g/mol. The van der Waals surface area contributed by atoms with Gasteiger partial charge in [0.2, 0.25) is 0 Å². The number of pyridine rings is 1. The minimum absolute atomic E-state index is 0.285. The van der Waals surface area contributed by atoms with Crippen molar-refractivity contribution in [3.63, 3.8) is 0 Å². The second-order valence-corrected chi connectivity index (χ2v) is 3.12. The topological polar surface area (TPSA) is 54.0 Å². The van der Waals surface area contributed by atoms with Crippen molar-refractivity contribution in [2.75, 3.05) is 11.9 Å². The molecule has 4 nitrogen and oxygen atoms in total. The summed E-state index contributed by atoms with van der Waals surface area (Å²) in [6.45, 7) is 2.62. The van der Waals surface area contributed by atoms with Gasteiger partial charge in [-0.25, -0.2) is 9.78 Å². The van der Waals surface area contributed by atoms with E-state index in [1.807, 2.05) is 6.92 Å². The van der Waals surface area contributed by atoms with E-state index in [1.165, 1.54) is 0 Å². The van der Waals surface area contributed by atoms with Crippen LogP contribution in [0.15, 0.2) is 18.3 Å². The van der Waals surface area contributed by atoms with E-state index >= 15 is 0 Å². The number of hydrogen-bond donors (Lipinski definition) is 2. The van der Waals surface area contributed by atoms with Crippen molar-refractivity contribution < 1.29 is 4.79 Å². The first-order valence-corrected chi connectivity index (χ1v) is 4.77. The Kier molecular flexibility index (Phi) is 4.19. The summed E-state index contributed by atoms with van der Waals surface area (Å²) in [5.74, 6) is 0.378. The molecule has 0 radical (unpaired) electrons. The maximum absolute atomic E-state index is 11.2. The maximum Gasteiger partial charge on any atom is 0.320 e. The summed E-state index contributed by atoms with van der Waals surface area (Å²) >= 11 is 5.80. The molecule has 0 atom stereocenters. The van der Waals surface area contributed by atoms with Crippen LogP contribution in [0, 0.1) is 0 Å². The van der Waals surface area contributed by atoms with Crippen LogP contribution in [0.1, 0.15) is 13.3 Å². The molecule has 0 bridgehead atoms. The van der Waals surface area contributed by atoms with Crippen molar-refractivity contribution in [1.29, 1.82) is 0 Å². The fourth-order valence-electron chi connectivity index (χ4n) is 0.868. The lowest BCUT2D eigenvalue weighted by molar-refractivity contribution is 0.252. The average Bonchev–Trinajstić information content (AvgIpc) is 2.18. The van der Waals surface area contributed by atoms with Crippen molar-refractivity contribution in [3.8, 4) is 0 Å². The highest BCUT2D eigenvalue weighted by Crippen LogP contribution is 2.16. The first kappa shape index (κ1) is 10.8. The molecule has 1 rings (SSSR count). The minimum Gasteiger partial charge on any atom is -0.338 e. The third-order valence-corrected chi connectivity index (χ3v) is 1.83. The van der Waals surface area contributed by atoms with Gasteiger partial charge < -0.3 is 5.32 Å². The molecule has 0 saturated carbocycles. The highest BCUT2D eigenvalue weighted by atomic mass is 35.5. The predicted octanol–water partition coefficient (Wildman–Crippen LogP) is 2.27. The smallest absolute Gasteiger partial charge is 0.320 e. The van der Waals surface area contributed by atoms with Gasteiger partial charge in [-0.15, -0.1) is 0 Å². The third kappa shape index (κ3) is 3.22. The molecule has 2 N–H and O–H groups in total. The van der Waals surface area contributed by atoms with Gasteiger partial charge in [-0.3, -0.25) is 5.32 Å². The normalized spacial score (nSPS) is 9.57. The molecule has 0 aromatic carbocycles. The lowest BCUT2D eigenvalue weighted by Crippen LogP contribution is -2.29. The number of nitrogens with zero attached hydrogens (tertiary/aromatic N) is 1. The Morgan fingerprint density at radius 3 is 3.07 bits per heavy atom. The highest BCUT2D eigenvalue weighted by Gasteiger charge is 2.04. The molecule has 0 aliphatic carbocycles. The van der Waals surface area contributed by atoms with Crippen molar-refractivity contribution in [2.24, 2.45) is 0 Å². The fourth-order valence-corrected chi connectivity index (χ4v) is 1.04. The van der Waals surface area contributed by atoms with Crippen LogP contribution >= 0.6 is 11.6 Å². The Morgan fingerprint density at radius 2 is 2.43 bits per heavy atom. The molecular weight excluding hydrogens is 202 g/mol. The molecule has 14 heavy (non-hydrogen) atoms. The summed E-state index contributed by atoms with van der Waals surface area (Å²) in [5, 5.41) is 5.64. The average molecular weight is 214 g/mol. The Morgan fingerprint density at radius 1 is 1.64 bits per heavy atom. The lowest BCUT2D eigenvalue weighted by Gasteiger charge is -2.06. The van der Waals surface area contributed by atoms with Crippen molar-refractivity contribution in [3.05, 3.63) is 23.4 Å². The Hall–Kier alpha value is -1.29. The number of aromatic nitrogens is 1. The van der Waals surface area contributed by atoms with E-state index < -0.39 is 0 Å². The summed E-state index contributed by atoms with van der Waals surface area (Å²) in [5.41, 5.74) is 0. The SMILES string of the molecule is CCCNC(=O)Nc1ncccc1Cl. The van der Waals surface area contributed by atoms with Crippen LogP contribution in [-0.2, 0) is 0 Å². The molecule has 1 heterocycles. The Bertz CT molecular complexity index is 317. The van der Waals surface area contributed by atoms with Gasteiger partial charge in [-0.1, -0.05) is 18.5 Å². The number of rotatable bonds is 3. The molecule has 0 fully saturated rings. The van der Waals surface area contributed by atoms with Crippen molar-refractivity contribution in [2.45, 2.75) is 13.3 Å². The molecule has 76 valence electrons. The summed E-state index contributed by atoms with van der Waals surface area (Å²) in [7, 11) is 0. The molecule has 0 aliphatic heterocycles. The molecule has 1 aromatic heterocycles. The van der Waals surface area contributed by atoms with E-state index in [1.54, 1.807) is 18.3 Å². The first-order valence-electron chi connectivity index (χ1n) is 4.39. The van der Waals surface area contributed by atoms with Gasteiger partial charge in [0, 0.05) is 12.7 Å². The van der Waals surface area contributed by atoms with E-state index in [4.69, 9.17) is 11.6 Å². The second kappa shape index (κ2) is 5.44. The fraction of sp³-hybridized carbons (Fsp3) is 0.333. The molecule has 0 aliphatic rings. The lowest BCUT2D eigenvalue weighted by atomic mass is 10.4. The van der Waals surface area contributed by atoms with Gasteiger partial charge in [-0.05, 0) is 18.6 Å². The second-order valence-electron chi connectivity index (χ2n) is 2.71. The van der Waals surface area contributed by atoms with Gasteiger partial charge in [-0.2, -0.15) is 0 Å². The van der Waals surface area contributed by atoms with Crippen LogP contribution in [0.4, 0.5) is 10.6 Å². The number of amides is 2. The van der Waals surface area contributed by atoms with Crippen LogP contribution in [0.25, 0.3) is 0 Å². The van der Waals surface area contributed by atoms with E-state index in [0.29, 0.717) is 17.4 Å². The molecule has 5 heteroatoms. The third-order valence-electron chi connectivity index (χ3n) is 1.53. The van der Waals surface area contributed by atoms with Gasteiger partial charge >= 0.3 is 6.03 Å². The summed E-state index contributed by atoms with van der Waals surface area (Å²) in [4.78, 5) is 15.1. The highest BCUT2D eigenvalue weighted by molar-refractivity contribution is 6.33. The van der Waals surface area contributed by atoms with Gasteiger partial charge in [0.1, 0.15) is 0 Å². The zero-order valence-electron chi connectivity index (χ0n) is 7.88. The number of urea groups is 1. The van der Waals surface area contributed by atoms with Crippen LogP contribution in [0.5, 0.6) is 0 Å². The van der Waals surface area contributed by atoms with Crippen LogP contribution in [-0.4, -0.2) is 17.6 Å². The zero-order chi connectivity index (χ0) is 10.4. The van der Waals surface area contributed by atoms with Crippen molar-refractivity contribution in [1.82, 2.24) is 10.3 Å². The van der Waals surface area contributed by atoms with E-state index in [0.717, 1.165) is 6.42 Å². The summed E-state index contributed by atoms with van der Waals surface area (Å²) in [6.07, 6.45) is 2.46. The molecule has 1 aromatic rings. The van der Waals surface area contributed by atoms with Gasteiger partial charge in [0.25, 0.3) is 0 Å². The van der Waals surface area contributed by atoms with E-state index in [-0.39, 0.29) is 6.03 Å². The van der Waals surface area contributed by atoms with E-state index in [2.05, 4.69) is 15.6 Å². The number of carbonyl (C=O) groups excluding carboxylic acids is 1. The van der Waals surface area contributed by atoms with Crippen LogP contribution in [0.2, 0.25) is 5.02 Å². The number of anilines is 1. The molecule has 0 spiro atoms. The van der Waals surface area contributed by atoms with Crippen molar-refractivity contribution >= 4 is 23.4 Å². The largest absolute Gasteiger partial charge is 0.338 e.